The maximum Gasteiger partial charge on any atom is 0.317 e. The Morgan fingerprint density at radius 3 is 2.75 bits per heavy atom. The number of amides is 2. The Kier molecular flexibility index (Phi) is 4.90. The molecule has 28 heavy (non-hydrogen) atoms. The lowest BCUT2D eigenvalue weighted by molar-refractivity contribution is 0.181. The van der Waals surface area contributed by atoms with Crippen molar-refractivity contribution in [1.82, 2.24) is 25.0 Å². The van der Waals surface area contributed by atoms with Crippen LogP contribution in [0.15, 0.2) is 41.3 Å². The van der Waals surface area contributed by atoms with Gasteiger partial charge >= 0.3 is 6.03 Å². The number of carbonyl (C=O) groups excluding carboxylic acids is 1. The molecule has 1 fully saturated rings. The number of benzene rings is 1. The van der Waals surface area contributed by atoms with Crippen LogP contribution in [0.3, 0.4) is 0 Å². The normalized spacial score (nSPS) is 15.1. The van der Waals surface area contributed by atoms with E-state index in [1.165, 1.54) is 5.56 Å². The highest BCUT2D eigenvalue weighted by Gasteiger charge is 2.25. The van der Waals surface area contributed by atoms with E-state index in [9.17, 15) is 9.59 Å². The van der Waals surface area contributed by atoms with Crippen molar-refractivity contribution in [3.63, 3.8) is 0 Å². The lowest BCUT2D eigenvalue weighted by Crippen LogP contribution is -2.44. The van der Waals surface area contributed by atoms with Gasteiger partial charge in [0.05, 0.1) is 11.7 Å². The lowest BCUT2D eigenvalue weighted by Gasteiger charge is -2.32. The van der Waals surface area contributed by atoms with E-state index in [1.807, 2.05) is 48.4 Å². The predicted molar refractivity (Wildman–Crippen MR) is 108 cm³/mol. The second kappa shape index (κ2) is 7.50. The summed E-state index contributed by atoms with van der Waals surface area (Å²) in [4.78, 5) is 27.0. The lowest BCUT2D eigenvalue weighted by atomic mass is 9.90. The van der Waals surface area contributed by atoms with Gasteiger partial charge in [-0.25, -0.2) is 4.79 Å². The van der Waals surface area contributed by atoms with Crippen molar-refractivity contribution in [3.8, 4) is 0 Å². The van der Waals surface area contributed by atoms with Gasteiger partial charge in [-0.15, -0.1) is 0 Å². The van der Waals surface area contributed by atoms with E-state index in [0.29, 0.717) is 24.6 Å². The van der Waals surface area contributed by atoms with E-state index in [-0.39, 0.29) is 18.1 Å². The number of aromatic nitrogens is 3. The van der Waals surface area contributed by atoms with Crippen LogP contribution < -0.4 is 10.9 Å². The van der Waals surface area contributed by atoms with Crippen LogP contribution in [0.5, 0.6) is 0 Å². The molecule has 0 spiro atoms. The van der Waals surface area contributed by atoms with E-state index in [4.69, 9.17) is 0 Å². The van der Waals surface area contributed by atoms with Gasteiger partial charge in [-0.1, -0.05) is 18.2 Å². The minimum Gasteiger partial charge on any atom is -0.334 e. The molecule has 0 saturated carbocycles. The van der Waals surface area contributed by atoms with Crippen LogP contribution in [0.25, 0.3) is 10.9 Å². The van der Waals surface area contributed by atoms with E-state index >= 15 is 0 Å². The molecule has 1 aromatic carbocycles. The van der Waals surface area contributed by atoms with Crippen LogP contribution in [0.2, 0.25) is 0 Å². The highest BCUT2D eigenvalue weighted by atomic mass is 16.2. The van der Waals surface area contributed by atoms with Gasteiger partial charge < -0.3 is 14.8 Å². The number of hydrogen-bond donors (Lipinski definition) is 2. The Morgan fingerprint density at radius 1 is 1.29 bits per heavy atom. The van der Waals surface area contributed by atoms with Crippen LogP contribution in [-0.4, -0.2) is 38.8 Å². The summed E-state index contributed by atoms with van der Waals surface area (Å²) in [6, 6.07) is 9.51. The van der Waals surface area contributed by atoms with Crippen molar-refractivity contribution in [1.29, 1.82) is 0 Å². The fourth-order valence-corrected chi connectivity index (χ4v) is 4.06. The topological polar surface area (TPSA) is 83.0 Å². The molecule has 0 atom stereocenters. The maximum absolute atomic E-state index is 12.6. The number of urea groups is 1. The van der Waals surface area contributed by atoms with Crippen molar-refractivity contribution < 1.29 is 4.79 Å². The number of fused-ring (bicyclic) bond motifs is 1. The third kappa shape index (κ3) is 3.40. The Morgan fingerprint density at radius 2 is 2.04 bits per heavy atom. The first-order valence-electron chi connectivity index (χ1n) is 9.65. The highest BCUT2D eigenvalue weighted by Crippen LogP contribution is 2.29. The smallest absolute Gasteiger partial charge is 0.317 e. The molecule has 2 amide bonds. The van der Waals surface area contributed by atoms with Crippen LogP contribution in [0, 0.1) is 6.92 Å². The first-order chi connectivity index (χ1) is 13.5. The summed E-state index contributed by atoms with van der Waals surface area (Å²) < 4.78 is 1.63. The molecule has 0 radical (unpaired) electrons. The van der Waals surface area contributed by atoms with Crippen LogP contribution >= 0.6 is 0 Å². The zero-order chi connectivity index (χ0) is 19.7. The van der Waals surface area contributed by atoms with Crippen molar-refractivity contribution in [2.75, 3.05) is 13.1 Å². The summed E-state index contributed by atoms with van der Waals surface area (Å²) in [5.74, 6) is 0.440. The van der Waals surface area contributed by atoms with Crippen LogP contribution in [0.1, 0.15) is 35.6 Å². The fourth-order valence-electron chi connectivity index (χ4n) is 4.06. The number of para-hydroxylation sites is 1. The minimum atomic E-state index is -0.113. The zero-order valence-corrected chi connectivity index (χ0v) is 16.2. The number of hydrogen-bond acceptors (Lipinski definition) is 3. The average Bonchev–Trinajstić information content (AvgIpc) is 3.15. The molecule has 4 rings (SSSR count). The summed E-state index contributed by atoms with van der Waals surface area (Å²) in [7, 11) is 1.76. The summed E-state index contributed by atoms with van der Waals surface area (Å²) in [6.45, 7) is 3.68. The number of nitrogens with one attached hydrogen (secondary N) is 2. The second-order valence-corrected chi connectivity index (χ2v) is 7.46. The van der Waals surface area contributed by atoms with E-state index in [2.05, 4.69) is 15.5 Å². The molecule has 2 aromatic heterocycles. The number of likely N-dealkylation sites (tertiary alicyclic amines) is 1. The Labute approximate surface area is 163 Å². The van der Waals surface area contributed by atoms with Crippen molar-refractivity contribution in [3.05, 3.63) is 63.7 Å². The highest BCUT2D eigenvalue weighted by molar-refractivity contribution is 5.80. The molecule has 146 valence electrons. The number of piperidine rings is 1. The Hall–Kier alpha value is -3.09. The molecule has 1 aliphatic heterocycles. The van der Waals surface area contributed by atoms with Gasteiger partial charge in [-0.3, -0.25) is 9.89 Å². The third-order valence-corrected chi connectivity index (χ3v) is 5.73. The molecular formula is C21H25N5O2. The summed E-state index contributed by atoms with van der Waals surface area (Å²) in [5, 5.41) is 11.0. The molecular weight excluding hydrogens is 354 g/mol. The molecule has 0 aliphatic carbocycles. The number of nitrogens with zero attached hydrogens (tertiary/aromatic N) is 3. The number of aromatic amines is 1. The van der Waals surface area contributed by atoms with Crippen LogP contribution in [-0.2, 0) is 13.6 Å². The van der Waals surface area contributed by atoms with Gasteiger partial charge in [0.15, 0.2) is 0 Å². The first-order valence-corrected chi connectivity index (χ1v) is 9.65. The third-order valence-electron chi connectivity index (χ3n) is 5.73. The first kappa shape index (κ1) is 18.3. The summed E-state index contributed by atoms with van der Waals surface area (Å²) >= 11 is 0. The standard InChI is InChI=1S/C21H25N5O2/c1-14-18(13-23-24-14)15-7-9-26(10-8-15)21(28)22-12-17-11-16-5-3-4-6-19(16)25(2)20(17)27/h3-6,11,13,15H,7-10,12H2,1-2H3,(H,22,28)(H,23,24). The van der Waals surface area contributed by atoms with E-state index < -0.39 is 0 Å². The molecule has 7 heteroatoms. The van der Waals surface area contributed by atoms with E-state index in [0.717, 1.165) is 29.4 Å². The number of H-pyrrole nitrogens is 1. The molecule has 3 heterocycles. The summed E-state index contributed by atoms with van der Waals surface area (Å²) in [6.07, 6.45) is 3.74. The molecule has 7 nitrogen and oxygen atoms in total. The second-order valence-electron chi connectivity index (χ2n) is 7.46. The molecule has 0 unspecified atom stereocenters. The molecule has 2 N–H and O–H groups in total. The van der Waals surface area contributed by atoms with Gasteiger partial charge in [0.1, 0.15) is 0 Å². The van der Waals surface area contributed by atoms with Gasteiger partial charge in [-0.2, -0.15) is 5.10 Å². The fraction of sp³-hybridized carbons (Fsp3) is 0.381. The minimum absolute atomic E-state index is 0.0758. The average molecular weight is 379 g/mol. The quantitative estimate of drug-likeness (QED) is 0.734. The Bertz CT molecular complexity index is 1060. The van der Waals surface area contributed by atoms with Crippen LogP contribution in [0.4, 0.5) is 4.79 Å². The van der Waals surface area contributed by atoms with Gasteiger partial charge in [-0.05, 0) is 48.8 Å². The SMILES string of the molecule is Cc1[nH]ncc1C1CCN(C(=O)NCc2cc3ccccc3n(C)c2=O)CC1. The number of pyridine rings is 1. The van der Waals surface area contributed by atoms with E-state index in [1.54, 1.807) is 11.6 Å². The van der Waals surface area contributed by atoms with Gasteiger partial charge in [0.25, 0.3) is 5.56 Å². The Balaban J connectivity index is 1.39. The summed E-state index contributed by atoms with van der Waals surface area (Å²) in [5.41, 5.74) is 3.76. The largest absolute Gasteiger partial charge is 0.334 e. The monoisotopic (exact) mass is 379 g/mol. The number of aryl methyl sites for hydroxylation is 2. The van der Waals surface area contributed by atoms with Crippen molar-refractivity contribution in [2.24, 2.45) is 7.05 Å². The molecule has 0 bridgehead atoms. The molecule has 3 aromatic rings. The van der Waals surface area contributed by atoms with Crippen molar-refractivity contribution in [2.45, 2.75) is 32.2 Å². The zero-order valence-electron chi connectivity index (χ0n) is 16.2. The number of rotatable bonds is 3. The molecule has 1 saturated heterocycles. The number of carbonyl (C=O) groups is 1. The maximum atomic E-state index is 12.6. The molecule has 1 aliphatic rings. The van der Waals surface area contributed by atoms with Crippen molar-refractivity contribution >= 4 is 16.9 Å². The van der Waals surface area contributed by atoms with Gasteiger partial charge in [0.2, 0.25) is 0 Å². The van der Waals surface area contributed by atoms with Gasteiger partial charge in [0, 0.05) is 37.9 Å². The predicted octanol–water partition coefficient (Wildman–Crippen LogP) is 2.66.